The predicted octanol–water partition coefficient (Wildman–Crippen LogP) is 1.55. The number of aromatic hydroxyl groups is 1. The van der Waals surface area contributed by atoms with E-state index in [1.165, 1.54) is 24.7 Å². The van der Waals surface area contributed by atoms with Gasteiger partial charge in [-0.25, -0.2) is 0 Å². The van der Waals surface area contributed by atoms with Gasteiger partial charge in [0.25, 0.3) is 5.91 Å². The van der Waals surface area contributed by atoms with Crippen LogP contribution >= 0.6 is 0 Å². The highest BCUT2D eigenvalue weighted by Gasteiger charge is 2.52. The van der Waals surface area contributed by atoms with Crippen LogP contribution in [0.3, 0.4) is 0 Å². The molecule has 0 bridgehead atoms. The van der Waals surface area contributed by atoms with Crippen LogP contribution in [0.2, 0.25) is 0 Å². The van der Waals surface area contributed by atoms with E-state index >= 15 is 0 Å². The number of amides is 1. The van der Waals surface area contributed by atoms with Crippen molar-refractivity contribution in [3.8, 4) is 17.0 Å². The van der Waals surface area contributed by atoms with Crippen molar-refractivity contribution in [1.82, 2.24) is 9.97 Å². The number of nitrogens with one attached hydrogen (secondary N) is 1. The number of hydrogen-bond donors (Lipinski definition) is 5. The summed E-state index contributed by atoms with van der Waals surface area (Å²) in [5.41, 5.74) is 5.64. The van der Waals surface area contributed by atoms with Gasteiger partial charge in [-0.2, -0.15) is 0 Å². The Balaban J connectivity index is 1.68. The number of allylic oxidation sites excluding steroid dienone is 3. The summed E-state index contributed by atoms with van der Waals surface area (Å²) in [5, 5.41) is 40.1. The topological polar surface area (TPSA) is 188 Å². The number of aliphatic hydroxyl groups excluding tert-OH is 2. The molecule has 0 saturated carbocycles. The summed E-state index contributed by atoms with van der Waals surface area (Å²) in [6.45, 7) is 0. The van der Waals surface area contributed by atoms with Crippen molar-refractivity contribution in [3.63, 3.8) is 0 Å². The van der Waals surface area contributed by atoms with Crippen molar-refractivity contribution in [3.05, 3.63) is 64.5 Å². The molecule has 1 aromatic carbocycles. The Morgan fingerprint density at radius 2 is 1.91 bits per heavy atom. The molecule has 0 spiro atoms. The lowest BCUT2D eigenvalue weighted by molar-refractivity contribution is -0.124. The monoisotopic (exact) mass is 446 g/mol. The Hall–Kier alpha value is -4.34. The van der Waals surface area contributed by atoms with E-state index in [1.54, 1.807) is 6.07 Å². The smallest absolute Gasteiger partial charge is 0.256 e. The van der Waals surface area contributed by atoms with Gasteiger partial charge in [0.1, 0.15) is 17.1 Å². The van der Waals surface area contributed by atoms with E-state index in [1.807, 2.05) is 0 Å². The number of benzene rings is 1. The van der Waals surface area contributed by atoms with Crippen molar-refractivity contribution in [2.75, 3.05) is 0 Å². The normalized spacial score (nSPS) is 24.4. The van der Waals surface area contributed by atoms with E-state index in [0.717, 1.165) is 0 Å². The highest BCUT2D eigenvalue weighted by atomic mass is 16.3. The van der Waals surface area contributed by atoms with E-state index in [0.29, 0.717) is 16.8 Å². The molecule has 3 unspecified atom stereocenters. The van der Waals surface area contributed by atoms with Crippen LogP contribution in [0, 0.1) is 23.2 Å². The molecule has 2 aromatic rings. The van der Waals surface area contributed by atoms with Crippen LogP contribution < -0.4 is 5.73 Å². The largest absolute Gasteiger partial charge is 0.511 e. The number of rotatable bonds is 2. The van der Waals surface area contributed by atoms with Crippen molar-refractivity contribution >= 4 is 23.2 Å². The number of aliphatic hydroxyl groups is 2. The summed E-state index contributed by atoms with van der Waals surface area (Å²) in [6, 6.07) is 2.99. The fraction of sp³-hybridized carbons (Fsp3) is 0.217. The van der Waals surface area contributed by atoms with Gasteiger partial charge in [-0.3, -0.25) is 24.4 Å². The molecule has 1 amide bonds. The predicted molar refractivity (Wildman–Crippen MR) is 113 cm³/mol. The van der Waals surface area contributed by atoms with Crippen molar-refractivity contribution in [2.24, 2.45) is 23.5 Å². The number of carbonyl (C=O) groups excluding carboxylic acids is 3. The van der Waals surface area contributed by atoms with Gasteiger partial charge in [0.05, 0.1) is 29.1 Å². The summed E-state index contributed by atoms with van der Waals surface area (Å²) in [4.78, 5) is 46.4. The van der Waals surface area contributed by atoms with Gasteiger partial charge in [-0.05, 0) is 36.5 Å². The van der Waals surface area contributed by atoms with Crippen molar-refractivity contribution < 1.29 is 29.7 Å². The summed E-state index contributed by atoms with van der Waals surface area (Å²) in [7, 11) is 0. The molecular weight excluding hydrogens is 428 g/mol. The molecule has 10 heteroatoms. The zero-order chi connectivity index (χ0) is 23.6. The third kappa shape index (κ3) is 2.80. The standard InChI is InChI=1S/C23H18N4O6/c24-18-11-6-8-5-10-9(12-7-26-3-4-27-12)1-2-13(28)15(10)19(29)14(8)20(30)16(11)21(31)17(22(18)32)23(25)33/h1-4,7-8,11,16,24,28,30,32H,5-6H2,(H2,25,33). The molecule has 33 heavy (non-hydrogen) atoms. The quantitative estimate of drug-likeness (QED) is 0.430. The number of carbonyl (C=O) groups is 3. The molecule has 1 heterocycles. The zero-order valence-electron chi connectivity index (χ0n) is 17.1. The lowest BCUT2D eigenvalue weighted by Crippen LogP contribution is -2.47. The van der Waals surface area contributed by atoms with Gasteiger partial charge in [0, 0.05) is 29.4 Å². The molecular formula is C23H18N4O6. The maximum absolute atomic E-state index is 13.5. The van der Waals surface area contributed by atoms with Crippen LogP contribution in [0.5, 0.6) is 5.75 Å². The molecule has 3 aliphatic rings. The second-order valence-corrected chi connectivity index (χ2v) is 8.29. The molecule has 0 aliphatic heterocycles. The van der Waals surface area contributed by atoms with Crippen LogP contribution in [-0.4, -0.2) is 48.5 Å². The molecule has 0 fully saturated rings. The molecule has 1 aromatic heterocycles. The maximum atomic E-state index is 13.5. The van der Waals surface area contributed by atoms with E-state index < -0.39 is 52.3 Å². The number of ketones is 2. The number of nitrogens with two attached hydrogens (primary N) is 1. The SMILES string of the molecule is N=C1C(O)=C(C(N)=O)C(=O)C2C(O)=C3C(=O)c4c(O)ccc(-c5cnccn5)c4CC3CC12. The molecule has 0 radical (unpaired) electrons. The van der Waals surface area contributed by atoms with E-state index in [4.69, 9.17) is 11.1 Å². The number of hydrogen-bond acceptors (Lipinski definition) is 9. The Kier molecular flexibility index (Phi) is 4.42. The second-order valence-electron chi connectivity index (χ2n) is 8.29. The first kappa shape index (κ1) is 20.6. The summed E-state index contributed by atoms with van der Waals surface area (Å²) in [5.74, 6) is -7.31. The van der Waals surface area contributed by atoms with Gasteiger partial charge < -0.3 is 26.5 Å². The van der Waals surface area contributed by atoms with Gasteiger partial charge >= 0.3 is 0 Å². The average Bonchev–Trinajstić information content (AvgIpc) is 2.77. The first-order chi connectivity index (χ1) is 15.7. The Morgan fingerprint density at radius 1 is 1.15 bits per heavy atom. The molecule has 0 saturated heterocycles. The molecule has 6 N–H and O–H groups in total. The first-order valence-corrected chi connectivity index (χ1v) is 10.2. The van der Waals surface area contributed by atoms with Crippen LogP contribution in [0.1, 0.15) is 22.3 Å². The third-order valence-corrected chi connectivity index (χ3v) is 6.61. The summed E-state index contributed by atoms with van der Waals surface area (Å²) >= 11 is 0. The lowest BCUT2D eigenvalue weighted by Gasteiger charge is -2.41. The van der Waals surface area contributed by atoms with Crippen LogP contribution in [0.15, 0.2) is 53.4 Å². The average molecular weight is 446 g/mol. The number of phenols is 1. The molecule has 3 aliphatic carbocycles. The highest BCUT2D eigenvalue weighted by Crippen LogP contribution is 2.49. The Labute approximate surface area is 186 Å². The number of primary amides is 1. The number of fused-ring (bicyclic) bond motifs is 3. The number of Topliss-reactive ketones (excluding diaryl/α,β-unsaturated/α-hetero) is 2. The Bertz CT molecular complexity index is 1340. The van der Waals surface area contributed by atoms with Crippen LogP contribution in [-0.2, 0) is 16.0 Å². The van der Waals surface area contributed by atoms with Gasteiger partial charge in [-0.15, -0.1) is 0 Å². The first-order valence-electron chi connectivity index (χ1n) is 10.2. The minimum Gasteiger partial charge on any atom is -0.511 e. The number of aromatic nitrogens is 2. The zero-order valence-corrected chi connectivity index (χ0v) is 17.1. The van der Waals surface area contributed by atoms with Gasteiger partial charge in [0.2, 0.25) is 0 Å². The second kappa shape index (κ2) is 7.09. The lowest BCUT2D eigenvalue weighted by atomic mass is 9.61. The highest BCUT2D eigenvalue weighted by molar-refractivity contribution is 6.28. The molecule has 5 rings (SSSR count). The van der Waals surface area contributed by atoms with E-state index in [9.17, 15) is 29.7 Å². The molecule has 3 atom stereocenters. The van der Waals surface area contributed by atoms with Crippen LogP contribution in [0.25, 0.3) is 11.3 Å². The molecule has 166 valence electrons. The minimum atomic E-state index is -1.38. The third-order valence-electron chi connectivity index (χ3n) is 6.61. The molecule has 10 nitrogen and oxygen atoms in total. The number of nitrogens with zero attached hydrogens (tertiary/aromatic N) is 2. The van der Waals surface area contributed by atoms with E-state index in [-0.39, 0.29) is 35.4 Å². The van der Waals surface area contributed by atoms with Crippen LogP contribution in [0.4, 0.5) is 0 Å². The maximum Gasteiger partial charge on any atom is 0.256 e. The minimum absolute atomic E-state index is 0.00116. The fourth-order valence-corrected chi connectivity index (χ4v) is 5.19. The Morgan fingerprint density at radius 3 is 2.58 bits per heavy atom. The van der Waals surface area contributed by atoms with E-state index in [2.05, 4.69) is 9.97 Å². The fourth-order valence-electron chi connectivity index (χ4n) is 5.19. The van der Waals surface area contributed by atoms with Gasteiger partial charge in [-0.1, -0.05) is 0 Å². The summed E-state index contributed by atoms with van der Waals surface area (Å²) in [6.07, 6.45) is 4.86. The summed E-state index contributed by atoms with van der Waals surface area (Å²) < 4.78 is 0. The van der Waals surface area contributed by atoms with Crippen molar-refractivity contribution in [1.29, 1.82) is 5.41 Å². The van der Waals surface area contributed by atoms with Crippen molar-refractivity contribution in [2.45, 2.75) is 12.8 Å². The van der Waals surface area contributed by atoms with Gasteiger partial charge in [0.15, 0.2) is 17.3 Å². The number of phenolic OH excluding ortho intramolecular Hbond substituents is 1.